The first-order valence-corrected chi connectivity index (χ1v) is 11.2. The highest BCUT2D eigenvalue weighted by atomic mass is 19.4. The molecule has 0 aromatic carbocycles. The number of rotatable bonds is 10. The molecule has 1 saturated carbocycles. The molecular weight excluding hydrogens is 447 g/mol. The van der Waals surface area contributed by atoms with Crippen molar-refractivity contribution in [1.29, 1.82) is 0 Å². The molecule has 3 rings (SSSR count). The first kappa shape index (κ1) is 25.4. The van der Waals surface area contributed by atoms with Crippen molar-refractivity contribution in [2.24, 2.45) is 17.8 Å². The van der Waals surface area contributed by atoms with Crippen molar-refractivity contribution in [3.63, 3.8) is 0 Å². The number of amides is 3. The van der Waals surface area contributed by atoms with Gasteiger partial charge in [0.2, 0.25) is 11.8 Å². The highest BCUT2D eigenvalue weighted by Crippen LogP contribution is 2.47. The van der Waals surface area contributed by atoms with Crippen LogP contribution in [0.4, 0.5) is 13.2 Å². The Bertz CT molecular complexity index is 790. The number of halogens is 3. The standard InChI is InChI=1S/C21H30F3N3O6/c1-10(2)7-15(28)20(32)27-14-4-3-12(14)17(27)19(31)26-13(8-11-5-6-25-18(11)30)16(29)9-33-21(22,23)24/h10-15,17,28H,3-9H2,1-2H3,(H,25,30)(H,26,31)/t11-,12?,13-,14?,15+,17-/m0/s1. The number of hydrogen-bond acceptors (Lipinski definition) is 6. The number of nitrogens with one attached hydrogen (secondary N) is 2. The van der Waals surface area contributed by atoms with Crippen LogP contribution in [0.1, 0.15) is 46.0 Å². The van der Waals surface area contributed by atoms with Crippen molar-refractivity contribution in [2.75, 3.05) is 13.2 Å². The summed E-state index contributed by atoms with van der Waals surface area (Å²) in [4.78, 5) is 51.5. The van der Waals surface area contributed by atoms with E-state index in [0.717, 1.165) is 0 Å². The van der Waals surface area contributed by atoms with Gasteiger partial charge in [0.15, 0.2) is 5.78 Å². The number of alkyl halides is 3. The maximum atomic E-state index is 13.0. The van der Waals surface area contributed by atoms with Crippen molar-refractivity contribution in [2.45, 2.75) is 76.5 Å². The number of piperidine rings is 1. The van der Waals surface area contributed by atoms with Gasteiger partial charge in [0, 0.05) is 24.4 Å². The molecule has 3 amide bonds. The van der Waals surface area contributed by atoms with Gasteiger partial charge in [0.1, 0.15) is 18.8 Å². The molecule has 1 aliphatic carbocycles. The van der Waals surface area contributed by atoms with Gasteiger partial charge in [0.25, 0.3) is 5.91 Å². The number of carbonyl (C=O) groups is 4. The molecule has 12 heteroatoms. The van der Waals surface area contributed by atoms with Gasteiger partial charge < -0.3 is 20.6 Å². The third-order valence-corrected chi connectivity index (χ3v) is 6.62. The van der Waals surface area contributed by atoms with Crippen LogP contribution in [0.5, 0.6) is 0 Å². The number of ketones is 1. The summed E-state index contributed by atoms with van der Waals surface area (Å²) >= 11 is 0. The van der Waals surface area contributed by atoms with Crippen LogP contribution in [0.2, 0.25) is 0 Å². The summed E-state index contributed by atoms with van der Waals surface area (Å²) in [6, 6.07) is -2.45. The molecule has 2 aliphatic heterocycles. The summed E-state index contributed by atoms with van der Waals surface area (Å²) in [5.74, 6) is -3.29. The zero-order chi connectivity index (χ0) is 24.5. The van der Waals surface area contributed by atoms with E-state index < -0.39 is 54.7 Å². The predicted molar refractivity (Wildman–Crippen MR) is 107 cm³/mol. The van der Waals surface area contributed by atoms with Gasteiger partial charge in [-0.25, -0.2) is 0 Å². The monoisotopic (exact) mass is 477 g/mol. The lowest BCUT2D eigenvalue weighted by molar-refractivity contribution is -0.321. The summed E-state index contributed by atoms with van der Waals surface area (Å²) in [7, 11) is 0. The van der Waals surface area contributed by atoms with Crippen LogP contribution in [0.15, 0.2) is 0 Å². The maximum absolute atomic E-state index is 13.0. The van der Waals surface area contributed by atoms with Crippen LogP contribution in [-0.4, -0.2) is 77.3 Å². The van der Waals surface area contributed by atoms with Crippen LogP contribution in [0.3, 0.4) is 0 Å². The largest absolute Gasteiger partial charge is 0.522 e. The average Bonchev–Trinajstić information content (AvgIpc) is 3.09. The van der Waals surface area contributed by atoms with Crippen LogP contribution < -0.4 is 10.6 Å². The summed E-state index contributed by atoms with van der Waals surface area (Å²) in [6.45, 7) is 2.78. The molecule has 0 spiro atoms. The Balaban J connectivity index is 1.69. The fourth-order valence-corrected chi connectivity index (χ4v) is 4.81. The molecular formula is C21H30F3N3O6. The molecule has 3 N–H and O–H groups in total. The number of aliphatic hydroxyl groups is 1. The number of likely N-dealkylation sites (tertiary alicyclic amines) is 1. The molecule has 0 bridgehead atoms. The Morgan fingerprint density at radius 3 is 2.45 bits per heavy atom. The topological polar surface area (TPSA) is 125 Å². The second-order valence-electron chi connectivity index (χ2n) is 9.42. The predicted octanol–water partition coefficient (Wildman–Crippen LogP) is 0.499. The van der Waals surface area contributed by atoms with Crippen molar-refractivity contribution < 1.29 is 42.2 Å². The van der Waals surface area contributed by atoms with E-state index in [2.05, 4.69) is 15.4 Å². The van der Waals surface area contributed by atoms with Gasteiger partial charge >= 0.3 is 6.36 Å². The number of hydrogen-bond donors (Lipinski definition) is 3. The molecule has 9 nitrogen and oxygen atoms in total. The van der Waals surface area contributed by atoms with Crippen LogP contribution in [0, 0.1) is 17.8 Å². The third-order valence-electron chi connectivity index (χ3n) is 6.62. The third kappa shape index (κ3) is 5.84. The summed E-state index contributed by atoms with van der Waals surface area (Å²) < 4.78 is 40.9. The Hall–Kier alpha value is -2.21. The number of ether oxygens (including phenoxy) is 1. The molecule has 0 radical (unpaired) electrons. The quantitative estimate of drug-likeness (QED) is 0.421. The van der Waals surface area contributed by atoms with Crippen LogP contribution in [-0.2, 0) is 23.9 Å². The zero-order valence-electron chi connectivity index (χ0n) is 18.6. The van der Waals surface area contributed by atoms with E-state index in [4.69, 9.17) is 0 Å². The minimum absolute atomic E-state index is 0.0582. The maximum Gasteiger partial charge on any atom is 0.522 e. The lowest BCUT2D eigenvalue weighted by Crippen LogP contribution is -2.76. The summed E-state index contributed by atoms with van der Waals surface area (Å²) in [6.07, 6.45) is -4.44. The second-order valence-corrected chi connectivity index (χ2v) is 9.42. The van der Waals surface area contributed by atoms with Crippen molar-refractivity contribution in [3.05, 3.63) is 0 Å². The molecule has 2 unspecified atom stereocenters. The Labute approximate surface area is 189 Å². The molecule has 0 aromatic rings. The first-order chi connectivity index (χ1) is 15.4. The van der Waals surface area contributed by atoms with Gasteiger partial charge in [-0.2, -0.15) is 0 Å². The fourth-order valence-electron chi connectivity index (χ4n) is 4.81. The number of aliphatic hydroxyl groups excluding tert-OH is 1. The molecule has 33 heavy (non-hydrogen) atoms. The van der Waals surface area contributed by atoms with E-state index in [9.17, 15) is 37.5 Å². The van der Waals surface area contributed by atoms with Crippen LogP contribution >= 0.6 is 0 Å². The van der Waals surface area contributed by atoms with E-state index in [1.54, 1.807) is 0 Å². The molecule has 6 atom stereocenters. The summed E-state index contributed by atoms with van der Waals surface area (Å²) in [5, 5.41) is 15.3. The Kier molecular flexibility index (Phi) is 7.67. The molecule has 3 fully saturated rings. The molecule has 3 aliphatic rings. The molecule has 2 heterocycles. The highest BCUT2D eigenvalue weighted by Gasteiger charge is 2.59. The minimum atomic E-state index is -5.02. The molecule has 0 aromatic heterocycles. The summed E-state index contributed by atoms with van der Waals surface area (Å²) in [5.41, 5.74) is 0. The Morgan fingerprint density at radius 1 is 1.24 bits per heavy atom. The van der Waals surface area contributed by atoms with Gasteiger partial charge in [-0.05, 0) is 38.0 Å². The van der Waals surface area contributed by atoms with E-state index in [1.807, 2.05) is 13.8 Å². The lowest BCUT2D eigenvalue weighted by atomic mass is 9.64. The highest BCUT2D eigenvalue weighted by molar-refractivity contribution is 5.96. The van der Waals surface area contributed by atoms with E-state index in [-0.39, 0.29) is 36.6 Å². The normalized spacial score (nSPS) is 28.3. The van der Waals surface area contributed by atoms with Gasteiger partial charge in [-0.15, -0.1) is 13.2 Å². The smallest absolute Gasteiger partial charge is 0.383 e. The molecule has 2 saturated heterocycles. The van der Waals surface area contributed by atoms with Crippen molar-refractivity contribution >= 4 is 23.5 Å². The van der Waals surface area contributed by atoms with Crippen molar-refractivity contribution in [3.8, 4) is 0 Å². The number of fused-ring (bicyclic) bond motifs is 1. The van der Waals surface area contributed by atoms with Gasteiger partial charge in [-0.3, -0.25) is 23.9 Å². The molecule has 186 valence electrons. The Morgan fingerprint density at radius 2 is 1.94 bits per heavy atom. The lowest BCUT2D eigenvalue weighted by Gasteiger charge is -2.61. The van der Waals surface area contributed by atoms with Gasteiger partial charge in [0.05, 0.1) is 6.04 Å². The van der Waals surface area contributed by atoms with E-state index in [1.165, 1.54) is 4.90 Å². The van der Waals surface area contributed by atoms with Gasteiger partial charge in [-0.1, -0.05) is 13.8 Å². The van der Waals surface area contributed by atoms with E-state index in [0.29, 0.717) is 25.8 Å². The SMILES string of the molecule is CC(C)C[C@@H](O)C(=O)N1C2CCC2[C@H]1C(=O)N[C@@H](C[C@@H]1CCNC1=O)C(=O)COC(F)(F)F. The zero-order valence-corrected chi connectivity index (χ0v) is 18.6. The van der Waals surface area contributed by atoms with Crippen molar-refractivity contribution in [1.82, 2.24) is 15.5 Å². The number of nitrogens with zero attached hydrogens (tertiary/aromatic N) is 1. The fraction of sp³-hybridized carbons (Fsp3) is 0.810. The second kappa shape index (κ2) is 9.96. The van der Waals surface area contributed by atoms with E-state index >= 15 is 0 Å². The first-order valence-electron chi connectivity index (χ1n) is 11.2. The van der Waals surface area contributed by atoms with Crippen LogP contribution in [0.25, 0.3) is 0 Å². The average molecular weight is 477 g/mol. The number of Topliss-reactive ketones (excluding diaryl/α,β-unsaturated/α-hetero) is 1. The number of carbonyl (C=O) groups excluding carboxylic acids is 4. The minimum Gasteiger partial charge on any atom is -0.383 e.